The molecule has 0 aliphatic carbocycles. The van der Waals surface area contributed by atoms with Crippen LogP contribution in [0.4, 0.5) is 0 Å². The lowest BCUT2D eigenvalue weighted by Crippen LogP contribution is -2.41. The van der Waals surface area contributed by atoms with Crippen LogP contribution in [0.2, 0.25) is 10.0 Å². The summed E-state index contributed by atoms with van der Waals surface area (Å²) in [5, 5.41) is 0.340. The van der Waals surface area contributed by atoms with E-state index in [9.17, 15) is 13.2 Å². The van der Waals surface area contributed by atoms with Gasteiger partial charge in [0.15, 0.2) is 0 Å². The van der Waals surface area contributed by atoms with E-state index in [1.54, 1.807) is 0 Å². The molecule has 1 aromatic rings. The number of sulfonamides is 1. The summed E-state index contributed by atoms with van der Waals surface area (Å²) in [5.41, 5.74) is 0. The highest BCUT2D eigenvalue weighted by Crippen LogP contribution is 2.32. The molecule has 0 radical (unpaired) electrons. The van der Waals surface area contributed by atoms with Crippen LogP contribution in [0.15, 0.2) is 23.1 Å². The molecule has 110 valence electrons. The first kappa shape index (κ1) is 15.6. The Morgan fingerprint density at radius 1 is 1.40 bits per heavy atom. The maximum absolute atomic E-state index is 12.6. The zero-order chi connectivity index (χ0) is 14.9. The lowest BCUT2D eigenvalue weighted by molar-refractivity contribution is -0.144. The third-order valence-electron chi connectivity index (χ3n) is 3.16. The average Bonchev–Trinajstić information content (AvgIpc) is 2.90. The van der Waals surface area contributed by atoms with Gasteiger partial charge in [-0.1, -0.05) is 23.2 Å². The van der Waals surface area contributed by atoms with Gasteiger partial charge >= 0.3 is 5.97 Å². The lowest BCUT2D eigenvalue weighted by atomic mass is 10.2. The second-order valence-electron chi connectivity index (χ2n) is 4.37. The molecule has 0 aromatic heterocycles. The summed E-state index contributed by atoms with van der Waals surface area (Å²) in [6.07, 6.45) is 1.03. The molecule has 8 heteroatoms. The van der Waals surface area contributed by atoms with Crippen molar-refractivity contribution in [3.8, 4) is 0 Å². The van der Waals surface area contributed by atoms with Crippen molar-refractivity contribution in [1.29, 1.82) is 0 Å². The van der Waals surface area contributed by atoms with Gasteiger partial charge < -0.3 is 4.74 Å². The Labute approximate surface area is 127 Å². The van der Waals surface area contributed by atoms with Crippen molar-refractivity contribution in [3.63, 3.8) is 0 Å². The van der Waals surface area contributed by atoms with Crippen LogP contribution in [0.5, 0.6) is 0 Å². The van der Waals surface area contributed by atoms with Crippen LogP contribution in [0, 0.1) is 0 Å². The topological polar surface area (TPSA) is 63.7 Å². The van der Waals surface area contributed by atoms with Crippen molar-refractivity contribution in [3.05, 3.63) is 28.2 Å². The molecule has 1 saturated heterocycles. The highest BCUT2D eigenvalue weighted by atomic mass is 35.5. The maximum Gasteiger partial charge on any atom is 0.324 e. The van der Waals surface area contributed by atoms with E-state index in [4.69, 9.17) is 23.2 Å². The van der Waals surface area contributed by atoms with Gasteiger partial charge in [-0.2, -0.15) is 4.31 Å². The molecule has 1 fully saturated rings. The molecule has 1 aliphatic heterocycles. The average molecular weight is 338 g/mol. The minimum atomic E-state index is -3.88. The van der Waals surface area contributed by atoms with Gasteiger partial charge in [-0.05, 0) is 31.0 Å². The monoisotopic (exact) mass is 337 g/mol. The third-order valence-corrected chi connectivity index (χ3v) is 5.78. The molecule has 1 atom stereocenters. The van der Waals surface area contributed by atoms with Crippen molar-refractivity contribution in [2.24, 2.45) is 0 Å². The molecular weight excluding hydrogens is 325 g/mol. The van der Waals surface area contributed by atoms with E-state index in [1.807, 2.05) is 0 Å². The maximum atomic E-state index is 12.6. The molecule has 1 heterocycles. The van der Waals surface area contributed by atoms with Gasteiger partial charge in [0.25, 0.3) is 0 Å². The van der Waals surface area contributed by atoms with Crippen LogP contribution in [-0.4, -0.2) is 38.4 Å². The minimum absolute atomic E-state index is 0.0740. The highest BCUT2D eigenvalue weighted by Gasteiger charge is 2.40. The SMILES string of the molecule is COC(=O)[C@H]1CCCN1S(=O)(=O)c1cc(Cl)ccc1Cl. The first-order valence-corrected chi connectivity index (χ1v) is 8.12. The van der Waals surface area contributed by atoms with E-state index in [1.165, 1.54) is 25.3 Å². The van der Waals surface area contributed by atoms with E-state index in [0.29, 0.717) is 12.8 Å². The molecule has 1 aliphatic rings. The second kappa shape index (κ2) is 5.89. The Hall–Kier alpha value is -0.820. The van der Waals surface area contributed by atoms with E-state index in [0.717, 1.165) is 4.31 Å². The number of rotatable bonds is 3. The molecule has 20 heavy (non-hydrogen) atoms. The van der Waals surface area contributed by atoms with Gasteiger partial charge in [-0.15, -0.1) is 0 Å². The molecule has 5 nitrogen and oxygen atoms in total. The van der Waals surface area contributed by atoms with Gasteiger partial charge in [0, 0.05) is 11.6 Å². The van der Waals surface area contributed by atoms with Gasteiger partial charge in [0.1, 0.15) is 10.9 Å². The van der Waals surface area contributed by atoms with Gasteiger partial charge in [-0.3, -0.25) is 4.79 Å². The molecule has 2 rings (SSSR count). The third kappa shape index (κ3) is 2.79. The van der Waals surface area contributed by atoms with Crippen LogP contribution in [-0.2, 0) is 19.6 Å². The molecule has 1 aromatic carbocycles. The van der Waals surface area contributed by atoms with Crippen molar-refractivity contribution in [1.82, 2.24) is 4.31 Å². The number of nitrogens with zero attached hydrogens (tertiary/aromatic N) is 1. The zero-order valence-corrected chi connectivity index (χ0v) is 13.0. The fourth-order valence-electron chi connectivity index (χ4n) is 2.20. The van der Waals surface area contributed by atoms with Crippen LogP contribution < -0.4 is 0 Å². The summed E-state index contributed by atoms with van der Waals surface area (Å²) in [5.74, 6) is -0.566. The first-order chi connectivity index (χ1) is 9.37. The number of methoxy groups -OCH3 is 1. The number of carbonyl (C=O) groups is 1. The fourth-order valence-corrected chi connectivity index (χ4v) is 4.59. The standard InChI is InChI=1S/C12H13Cl2NO4S/c1-19-12(16)10-3-2-6-15(10)20(17,18)11-7-8(13)4-5-9(11)14/h4-5,7,10H,2-3,6H2,1H3/t10-/m1/s1. The first-order valence-electron chi connectivity index (χ1n) is 5.92. The molecule has 0 unspecified atom stereocenters. The number of esters is 1. The molecule has 0 saturated carbocycles. The summed E-state index contributed by atoms with van der Waals surface area (Å²) >= 11 is 11.8. The fraction of sp³-hybridized carbons (Fsp3) is 0.417. The van der Waals surface area contributed by atoms with Crippen molar-refractivity contribution in [2.75, 3.05) is 13.7 Å². The Morgan fingerprint density at radius 2 is 2.10 bits per heavy atom. The van der Waals surface area contributed by atoms with Gasteiger partial charge in [0.2, 0.25) is 10.0 Å². The summed E-state index contributed by atoms with van der Waals surface area (Å²) in [6, 6.07) is 3.40. The number of hydrogen-bond donors (Lipinski definition) is 0. The number of ether oxygens (including phenoxy) is 1. The Kier molecular flexibility index (Phi) is 4.59. The van der Waals surface area contributed by atoms with Crippen molar-refractivity contribution in [2.45, 2.75) is 23.8 Å². The molecule has 0 N–H and O–H groups in total. The van der Waals surface area contributed by atoms with E-state index in [2.05, 4.69) is 4.74 Å². The Bertz CT molecular complexity index is 632. The summed E-state index contributed by atoms with van der Waals surface area (Å²) in [7, 11) is -2.65. The summed E-state index contributed by atoms with van der Waals surface area (Å²) < 4.78 is 31.0. The normalized spacial score (nSPS) is 20.1. The van der Waals surface area contributed by atoms with Crippen molar-refractivity contribution < 1.29 is 17.9 Å². The Morgan fingerprint density at radius 3 is 2.75 bits per heavy atom. The van der Waals surface area contributed by atoms with E-state index in [-0.39, 0.29) is 21.5 Å². The second-order valence-corrected chi connectivity index (χ2v) is 7.07. The molecule has 0 spiro atoms. The predicted molar refractivity (Wildman–Crippen MR) is 75.4 cm³/mol. The summed E-state index contributed by atoms with van der Waals surface area (Å²) in [6.45, 7) is 0.255. The number of carbonyl (C=O) groups excluding carboxylic acids is 1. The van der Waals surface area contributed by atoms with Crippen LogP contribution in [0.3, 0.4) is 0 Å². The predicted octanol–water partition coefficient (Wildman–Crippen LogP) is 2.32. The minimum Gasteiger partial charge on any atom is -0.468 e. The van der Waals surface area contributed by atoms with Crippen LogP contribution in [0.1, 0.15) is 12.8 Å². The van der Waals surface area contributed by atoms with Gasteiger partial charge in [0.05, 0.1) is 12.1 Å². The summed E-state index contributed by atoms with van der Waals surface area (Å²) in [4.78, 5) is 11.6. The number of hydrogen-bond acceptors (Lipinski definition) is 4. The molecular formula is C12H13Cl2NO4S. The van der Waals surface area contributed by atoms with Gasteiger partial charge in [-0.25, -0.2) is 8.42 Å². The Balaban J connectivity index is 2.44. The molecule has 0 bridgehead atoms. The largest absolute Gasteiger partial charge is 0.468 e. The van der Waals surface area contributed by atoms with E-state index >= 15 is 0 Å². The zero-order valence-electron chi connectivity index (χ0n) is 10.7. The lowest BCUT2D eigenvalue weighted by Gasteiger charge is -2.22. The highest BCUT2D eigenvalue weighted by molar-refractivity contribution is 7.89. The quantitative estimate of drug-likeness (QED) is 0.794. The smallest absolute Gasteiger partial charge is 0.324 e. The number of benzene rings is 1. The van der Waals surface area contributed by atoms with Crippen LogP contribution in [0.25, 0.3) is 0 Å². The number of halogens is 2. The molecule has 0 amide bonds. The van der Waals surface area contributed by atoms with E-state index < -0.39 is 22.0 Å². The van der Waals surface area contributed by atoms with Crippen molar-refractivity contribution >= 4 is 39.2 Å². The van der Waals surface area contributed by atoms with Crippen LogP contribution >= 0.6 is 23.2 Å².